The largest absolute Gasteiger partial charge is 0.368 e. The van der Waals surface area contributed by atoms with Crippen molar-refractivity contribution in [3.8, 4) is 0 Å². The van der Waals surface area contributed by atoms with E-state index in [1.807, 2.05) is 11.9 Å². The number of hydrogen-bond donors (Lipinski definition) is 1. The number of likely N-dealkylation sites (tertiary alicyclic amines) is 1. The van der Waals surface area contributed by atoms with Gasteiger partial charge in [-0.15, -0.1) is 0 Å². The van der Waals surface area contributed by atoms with Gasteiger partial charge in [-0.2, -0.15) is 0 Å². The van der Waals surface area contributed by atoms with Crippen molar-refractivity contribution in [3.05, 3.63) is 35.4 Å². The number of hydrogen-bond acceptors (Lipinski definition) is 4. The number of rotatable bonds is 5. The van der Waals surface area contributed by atoms with E-state index in [9.17, 15) is 4.79 Å². The van der Waals surface area contributed by atoms with E-state index in [0.29, 0.717) is 6.61 Å². The molecule has 3 heterocycles. The molecule has 0 spiro atoms. The van der Waals surface area contributed by atoms with Crippen molar-refractivity contribution in [3.63, 3.8) is 0 Å². The van der Waals surface area contributed by atoms with Crippen LogP contribution in [0.4, 0.5) is 0 Å². The molecule has 4 rings (SSSR count). The number of benzene rings is 1. The predicted octanol–water partition coefficient (Wildman–Crippen LogP) is 2.46. The molecule has 7 nitrogen and oxygen atoms in total. The fraction of sp³-hybridized carbons (Fsp3) is 0.680. The van der Waals surface area contributed by atoms with Crippen LogP contribution in [0.15, 0.2) is 29.3 Å². The van der Waals surface area contributed by atoms with Crippen molar-refractivity contribution in [2.75, 3.05) is 52.9 Å². The van der Waals surface area contributed by atoms with E-state index in [0.717, 1.165) is 58.1 Å². The summed E-state index contributed by atoms with van der Waals surface area (Å²) in [6, 6.07) is 8.92. The monoisotopic (exact) mass is 441 g/mol. The summed E-state index contributed by atoms with van der Waals surface area (Å²) >= 11 is 0. The molecule has 1 amide bonds. The van der Waals surface area contributed by atoms with Crippen LogP contribution in [0.1, 0.15) is 49.7 Å². The molecular formula is C25H39N5O2. The Morgan fingerprint density at radius 3 is 2.41 bits per heavy atom. The number of amides is 1. The van der Waals surface area contributed by atoms with E-state index in [-0.39, 0.29) is 12.0 Å². The van der Waals surface area contributed by atoms with Gasteiger partial charge in [0.15, 0.2) is 5.96 Å². The Kier molecular flexibility index (Phi) is 8.40. The zero-order chi connectivity index (χ0) is 22.2. The summed E-state index contributed by atoms with van der Waals surface area (Å²) in [6.07, 6.45) is 7.02. The molecule has 176 valence electrons. The van der Waals surface area contributed by atoms with Gasteiger partial charge < -0.3 is 19.9 Å². The Labute approximate surface area is 192 Å². The van der Waals surface area contributed by atoms with E-state index in [1.54, 1.807) is 0 Å². The molecule has 1 unspecified atom stereocenters. The highest BCUT2D eigenvalue weighted by molar-refractivity contribution is 5.82. The van der Waals surface area contributed by atoms with Gasteiger partial charge in [0.2, 0.25) is 0 Å². The maximum Gasteiger partial charge on any atom is 0.251 e. The van der Waals surface area contributed by atoms with Gasteiger partial charge >= 0.3 is 0 Å². The second-order valence-electron chi connectivity index (χ2n) is 9.23. The average molecular weight is 442 g/mol. The van der Waals surface area contributed by atoms with Crippen LogP contribution in [-0.2, 0) is 22.6 Å². The van der Waals surface area contributed by atoms with Crippen LogP contribution >= 0.6 is 0 Å². The Balaban J connectivity index is 1.25. The van der Waals surface area contributed by atoms with Gasteiger partial charge in [0.25, 0.3) is 5.91 Å². The zero-order valence-corrected chi connectivity index (χ0v) is 19.6. The van der Waals surface area contributed by atoms with Crippen LogP contribution in [0.25, 0.3) is 0 Å². The van der Waals surface area contributed by atoms with E-state index < -0.39 is 0 Å². The molecule has 3 aliphatic heterocycles. The third-order valence-electron chi connectivity index (χ3n) is 6.85. The summed E-state index contributed by atoms with van der Waals surface area (Å²) in [4.78, 5) is 23.9. The number of nitrogens with one attached hydrogen (secondary N) is 1. The van der Waals surface area contributed by atoms with E-state index in [4.69, 9.17) is 4.74 Å². The van der Waals surface area contributed by atoms with Crippen molar-refractivity contribution < 1.29 is 9.53 Å². The fourth-order valence-corrected chi connectivity index (χ4v) is 5.02. The van der Waals surface area contributed by atoms with Crippen LogP contribution in [0, 0.1) is 0 Å². The molecule has 0 aliphatic carbocycles. The van der Waals surface area contributed by atoms with Crippen LogP contribution < -0.4 is 5.32 Å². The summed E-state index contributed by atoms with van der Waals surface area (Å²) in [5, 5.41) is 3.53. The number of guanidine groups is 1. The Morgan fingerprint density at radius 1 is 1.00 bits per heavy atom. The van der Waals surface area contributed by atoms with Gasteiger partial charge in [-0.05, 0) is 49.9 Å². The predicted molar refractivity (Wildman–Crippen MR) is 128 cm³/mol. The molecule has 3 fully saturated rings. The van der Waals surface area contributed by atoms with E-state index in [2.05, 4.69) is 44.4 Å². The average Bonchev–Trinajstić information content (AvgIpc) is 3.25. The molecule has 1 aromatic carbocycles. The smallest absolute Gasteiger partial charge is 0.251 e. The molecule has 1 aromatic rings. The van der Waals surface area contributed by atoms with Crippen LogP contribution in [0.2, 0.25) is 0 Å². The minimum atomic E-state index is -0.222. The van der Waals surface area contributed by atoms with Crippen molar-refractivity contribution >= 4 is 11.9 Å². The highest BCUT2D eigenvalue weighted by Gasteiger charge is 2.30. The molecule has 7 heteroatoms. The Morgan fingerprint density at radius 2 is 1.72 bits per heavy atom. The fourth-order valence-electron chi connectivity index (χ4n) is 5.02. The zero-order valence-electron chi connectivity index (χ0n) is 19.6. The van der Waals surface area contributed by atoms with Crippen LogP contribution in [0.3, 0.4) is 0 Å². The maximum atomic E-state index is 12.6. The first kappa shape index (κ1) is 23.1. The van der Waals surface area contributed by atoms with Gasteiger partial charge in [0, 0.05) is 52.9 Å². The Hall–Kier alpha value is -2.12. The Bertz CT molecular complexity index is 761. The van der Waals surface area contributed by atoms with Crippen LogP contribution in [-0.4, -0.2) is 85.6 Å². The van der Waals surface area contributed by atoms with E-state index in [1.165, 1.54) is 49.9 Å². The molecule has 3 saturated heterocycles. The first-order valence-corrected chi connectivity index (χ1v) is 12.4. The van der Waals surface area contributed by atoms with Crippen molar-refractivity contribution in [1.29, 1.82) is 0 Å². The molecule has 0 bridgehead atoms. The topological polar surface area (TPSA) is 60.4 Å². The molecule has 0 saturated carbocycles. The lowest BCUT2D eigenvalue weighted by molar-refractivity contribution is -0.142. The normalized spacial score (nSPS) is 23.3. The standard InChI is InChI=1S/C25H39N5O2/c1-26-25(30-15-13-29(14-16-30)24(31)23-10-7-17-32-23)27-19-21-8-6-9-22(18-21)20-28-11-4-2-3-5-12-28/h6,8-9,18,23H,2-5,7,10-17,19-20H2,1H3,(H,26,27). The lowest BCUT2D eigenvalue weighted by Crippen LogP contribution is -2.55. The van der Waals surface area contributed by atoms with Gasteiger partial charge in [-0.3, -0.25) is 14.7 Å². The minimum Gasteiger partial charge on any atom is -0.368 e. The number of piperazine rings is 1. The van der Waals surface area contributed by atoms with Crippen LogP contribution in [0.5, 0.6) is 0 Å². The number of nitrogens with zero attached hydrogens (tertiary/aromatic N) is 4. The summed E-state index contributed by atoms with van der Waals surface area (Å²) in [6.45, 7) is 8.01. The summed E-state index contributed by atoms with van der Waals surface area (Å²) in [7, 11) is 1.84. The summed E-state index contributed by atoms with van der Waals surface area (Å²) in [5.74, 6) is 1.07. The lowest BCUT2D eigenvalue weighted by atomic mass is 10.1. The molecule has 1 N–H and O–H groups in total. The SMILES string of the molecule is CN=C(NCc1cccc(CN2CCCCCC2)c1)N1CCN(C(=O)C2CCCO2)CC1. The highest BCUT2D eigenvalue weighted by Crippen LogP contribution is 2.17. The van der Waals surface area contributed by atoms with Crippen molar-refractivity contribution in [1.82, 2.24) is 20.0 Å². The summed E-state index contributed by atoms with van der Waals surface area (Å²) < 4.78 is 5.57. The van der Waals surface area contributed by atoms with Gasteiger partial charge in [-0.25, -0.2) is 0 Å². The third-order valence-corrected chi connectivity index (χ3v) is 6.85. The minimum absolute atomic E-state index is 0.159. The maximum absolute atomic E-state index is 12.6. The molecular weight excluding hydrogens is 402 g/mol. The van der Waals surface area contributed by atoms with Crippen molar-refractivity contribution in [2.24, 2.45) is 4.99 Å². The molecule has 0 aromatic heterocycles. The van der Waals surface area contributed by atoms with E-state index >= 15 is 0 Å². The quantitative estimate of drug-likeness (QED) is 0.562. The number of aliphatic imine (C=N–C) groups is 1. The van der Waals surface area contributed by atoms with Gasteiger partial charge in [0.05, 0.1) is 0 Å². The van der Waals surface area contributed by atoms with Crippen molar-refractivity contribution in [2.45, 2.75) is 57.7 Å². The molecule has 3 aliphatic rings. The first-order valence-electron chi connectivity index (χ1n) is 12.4. The molecule has 0 radical (unpaired) electrons. The summed E-state index contributed by atoms with van der Waals surface area (Å²) in [5.41, 5.74) is 2.67. The van der Waals surface area contributed by atoms with Gasteiger partial charge in [0.1, 0.15) is 6.10 Å². The number of carbonyl (C=O) groups is 1. The highest BCUT2D eigenvalue weighted by atomic mass is 16.5. The lowest BCUT2D eigenvalue weighted by Gasteiger charge is -2.37. The second-order valence-corrected chi connectivity index (χ2v) is 9.23. The third kappa shape index (κ3) is 6.23. The number of carbonyl (C=O) groups excluding carboxylic acids is 1. The molecule has 32 heavy (non-hydrogen) atoms. The second kappa shape index (κ2) is 11.7. The first-order chi connectivity index (χ1) is 15.7. The van der Waals surface area contributed by atoms with Gasteiger partial charge in [-0.1, -0.05) is 37.1 Å². The number of ether oxygens (including phenoxy) is 1. The molecule has 1 atom stereocenters.